The predicted octanol–water partition coefficient (Wildman–Crippen LogP) is 1.12. The molecule has 0 aromatic heterocycles. The predicted molar refractivity (Wildman–Crippen MR) is 110 cm³/mol. The van der Waals surface area contributed by atoms with E-state index in [0.29, 0.717) is 30.1 Å². The number of fused-ring (bicyclic) bond motifs is 1. The summed E-state index contributed by atoms with van der Waals surface area (Å²) in [7, 11) is -3.76. The zero-order chi connectivity index (χ0) is 21.8. The maximum Gasteiger partial charge on any atom is 0.243 e. The van der Waals surface area contributed by atoms with Crippen molar-refractivity contribution in [1.82, 2.24) is 9.62 Å². The number of rotatable bonds is 8. The minimum atomic E-state index is -3.76. The maximum absolute atomic E-state index is 12.9. The molecule has 9 nitrogen and oxygen atoms in total. The summed E-state index contributed by atoms with van der Waals surface area (Å²) >= 11 is 0. The van der Waals surface area contributed by atoms with Crippen LogP contribution in [0, 0.1) is 0 Å². The summed E-state index contributed by atoms with van der Waals surface area (Å²) in [5.41, 5.74) is 0. The minimum absolute atomic E-state index is 0.0450. The molecule has 1 saturated heterocycles. The maximum atomic E-state index is 12.9. The second-order valence-corrected chi connectivity index (χ2v) is 9.20. The number of nitrogens with one attached hydrogen (secondary N) is 1. The van der Waals surface area contributed by atoms with E-state index in [4.69, 9.17) is 14.2 Å². The van der Waals surface area contributed by atoms with E-state index in [9.17, 15) is 18.3 Å². The Hall–Kier alpha value is -2.82. The Bertz CT molecular complexity index is 1030. The Labute approximate surface area is 180 Å². The fourth-order valence-corrected chi connectivity index (χ4v) is 5.25. The molecule has 2 aliphatic heterocycles. The van der Waals surface area contributed by atoms with Crippen molar-refractivity contribution < 1.29 is 32.5 Å². The molecule has 2 aliphatic rings. The highest BCUT2D eigenvalue weighted by atomic mass is 32.2. The van der Waals surface area contributed by atoms with Crippen molar-refractivity contribution in [2.45, 2.75) is 29.9 Å². The molecule has 2 aromatic carbocycles. The van der Waals surface area contributed by atoms with Gasteiger partial charge in [0.05, 0.1) is 4.90 Å². The number of aliphatic hydroxyl groups is 1. The number of amides is 1. The first-order valence-electron chi connectivity index (χ1n) is 10.0. The van der Waals surface area contributed by atoms with Crippen LogP contribution in [0.2, 0.25) is 0 Å². The van der Waals surface area contributed by atoms with E-state index in [1.807, 2.05) is 0 Å². The molecule has 0 radical (unpaired) electrons. The van der Waals surface area contributed by atoms with Gasteiger partial charge in [-0.2, -0.15) is 4.31 Å². The molecule has 2 N–H and O–H groups in total. The van der Waals surface area contributed by atoms with E-state index < -0.39 is 28.1 Å². The number of hydrogen-bond donors (Lipinski definition) is 2. The van der Waals surface area contributed by atoms with Crippen LogP contribution in [0.25, 0.3) is 0 Å². The van der Waals surface area contributed by atoms with Gasteiger partial charge in [-0.15, -0.1) is 0 Å². The van der Waals surface area contributed by atoms with Crippen molar-refractivity contribution >= 4 is 15.9 Å². The number of carbonyl (C=O) groups excluding carboxylic acids is 1. The molecule has 31 heavy (non-hydrogen) atoms. The lowest BCUT2D eigenvalue weighted by Crippen LogP contribution is -2.48. The van der Waals surface area contributed by atoms with Gasteiger partial charge in [-0.05, 0) is 37.1 Å². The highest BCUT2D eigenvalue weighted by Gasteiger charge is 2.39. The Morgan fingerprint density at radius 3 is 2.77 bits per heavy atom. The van der Waals surface area contributed by atoms with Crippen LogP contribution in [0.15, 0.2) is 53.4 Å². The molecule has 0 saturated carbocycles. The van der Waals surface area contributed by atoms with Crippen molar-refractivity contribution in [2.24, 2.45) is 0 Å². The molecular formula is C21H24N2O7S. The van der Waals surface area contributed by atoms with Crippen LogP contribution in [0.5, 0.6) is 17.2 Å². The first kappa shape index (κ1) is 21.4. The van der Waals surface area contributed by atoms with Gasteiger partial charge >= 0.3 is 0 Å². The molecule has 166 valence electrons. The lowest BCUT2D eigenvalue weighted by atomic mass is 10.2. The van der Waals surface area contributed by atoms with Crippen molar-refractivity contribution in [3.63, 3.8) is 0 Å². The number of sulfonamides is 1. The van der Waals surface area contributed by atoms with Gasteiger partial charge < -0.3 is 24.6 Å². The number of nitrogens with zero attached hydrogens (tertiary/aromatic N) is 1. The molecule has 1 fully saturated rings. The van der Waals surface area contributed by atoms with Gasteiger partial charge in [0.1, 0.15) is 24.5 Å². The molecular weight excluding hydrogens is 424 g/mol. The first-order chi connectivity index (χ1) is 14.9. The zero-order valence-corrected chi connectivity index (χ0v) is 17.6. The van der Waals surface area contributed by atoms with E-state index in [1.54, 1.807) is 36.4 Å². The molecule has 0 spiro atoms. The van der Waals surface area contributed by atoms with E-state index >= 15 is 0 Å². The zero-order valence-electron chi connectivity index (χ0n) is 16.8. The first-order valence-corrected chi connectivity index (χ1v) is 11.4. The van der Waals surface area contributed by atoms with Gasteiger partial charge in [-0.1, -0.05) is 18.2 Å². The van der Waals surface area contributed by atoms with Gasteiger partial charge in [0.15, 0.2) is 11.5 Å². The van der Waals surface area contributed by atoms with Crippen molar-refractivity contribution in [3.05, 3.63) is 48.5 Å². The molecule has 1 amide bonds. The summed E-state index contributed by atoms with van der Waals surface area (Å²) in [5.74, 6) is 1.28. The van der Waals surface area contributed by atoms with E-state index in [1.165, 1.54) is 16.4 Å². The smallest absolute Gasteiger partial charge is 0.243 e. The lowest BCUT2D eigenvalue weighted by molar-refractivity contribution is -0.124. The highest BCUT2D eigenvalue weighted by Crippen LogP contribution is 2.35. The second-order valence-electron chi connectivity index (χ2n) is 7.31. The molecule has 2 unspecified atom stereocenters. The summed E-state index contributed by atoms with van der Waals surface area (Å²) < 4.78 is 43.0. The molecule has 2 heterocycles. The summed E-state index contributed by atoms with van der Waals surface area (Å²) in [5, 5.41) is 12.8. The Kier molecular flexibility index (Phi) is 6.30. The highest BCUT2D eigenvalue weighted by molar-refractivity contribution is 7.89. The van der Waals surface area contributed by atoms with Gasteiger partial charge in [-0.3, -0.25) is 4.79 Å². The number of hydrogen-bond acceptors (Lipinski definition) is 7. The van der Waals surface area contributed by atoms with Crippen molar-refractivity contribution in [1.29, 1.82) is 0 Å². The van der Waals surface area contributed by atoms with Crippen LogP contribution in [-0.2, 0) is 14.8 Å². The summed E-state index contributed by atoms with van der Waals surface area (Å²) in [4.78, 5) is 12.8. The molecule has 2 aromatic rings. The summed E-state index contributed by atoms with van der Waals surface area (Å²) in [6.45, 7) is 0.340. The molecule has 2 atom stereocenters. The number of aliphatic hydroxyl groups excluding tert-OH is 1. The third-order valence-electron chi connectivity index (χ3n) is 5.15. The number of ether oxygens (including phenoxy) is 3. The minimum Gasteiger partial charge on any atom is -0.491 e. The van der Waals surface area contributed by atoms with Crippen LogP contribution in [0.1, 0.15) is 12.8 Å². The van der Waals surface area contributed by atoms with Gasteiger partial charge in [-0.25, -0.2) is 8.42 Å². The van der Waals surface area contributed by atoms with E-state index in [0.717, 1.165) is 0 Å². The van der Waals surface area contributed by atoms with Crippen LogP contribution in [-0.4, -0.2) is 62.4 Å². The van der Waals surface area contributed by atoms with E-state index in [-0.39, 0.29) is 31.4 Å². The monoisotopic (exact) mass is 448 g/mol. The number of benzene rings is 2. The van der Waals surface area contributed by atoms with Crippen LogP contribution in [0.3, 0.4) is 0 Å². The summed E-state index contributed by atoms with van der Waals surface area (Å²) in [6, 6.07) is 12.3. The standard InChI is InChI=1S/C21H24N2O7S/c24-15(13-28-16-8-9-19-20(11-16)30-14-29-19)12-22-21(25)18-7-4-10-23(18)31(26,27)17-5-2-1-3-6-17/h1-3,5-6,8-9,11,15,18,24H,4,7,10,12-14H2,(H,22,25). The van der Waals surface area contributed by atoms with Crippen LogP contribution >= 0.6 is 0 Å². The third-order valence-corrected chi connectivity index (χ3v) is 7.08. The van der Waals surface area contributed by atoms with Crippen molar-refractivity contribution in [2.75, 3.05) is 26.5 Å². The normalized spacial score (nSPS) is 19.2. The molecule has 4 rings (SSSR count). The second kappa shape index (κ2) is 9.13. The van der Waals surface area contributed by atoms with Crippen LogP contribution in [0.4, 0.5) is 0 Å². The van der Waals surface area contributed by atoms with Gasteiger partial charge in [0.2, 0.25) is 22.7 Å². The van der Waals surface area contributed by atoms with Gasteiger partial charge in [0, 0.05) is 19.2 Å². The third kappa shape index (κ3) is 4.76. The van der Waals surface area contributed by atoms with Gasteiger partial charge in [0.25, 0.3) is 0 Å². The SMILES string of the molecule is O=C(NCC(O)COc1ccc2c(c1)OCO2)C1CCCN1S(=O)(=O)c1ccccc1. The lowest BCUT2D eigenvalue weighted by Gasteiger charge is -2.24. The molecule has 0 bridgehead atoms. The number of carbonyl (C=O) groups is 1. The average Bonchev–Trinajstić information content (AvgIpc) is 3.46. The summed E-state index contributed by atoms with van der Waals surface area (Å²) in [6.07, 6.45) is 0.0664. The van der Waals surface area contributed by atoms with Crippen molar-refractivity contribution in [3.8, 4) is 17.2 Å². The Morgan fingerprint density at radius 1 is 1.19 bits per heavy atom. The largest absolute Gasteiger partial charge is 0.491 e. The molecule has 0 aliphatic carbocycles. The fourth-order valence-electron chi connectivity index (χ4n) is 3.57. The van der Waals surface area contributed by atoms with E-state index in [2.05, 4.69) is 5.32 Å². The average molecular weight is 448 g/mol. The topological polar surface area (TPSA) is 114 Å². The molecule has 10 heteroatoms. The Morgan fingerprint density at radius 2 is 1.97 bits per heavy atom. The quantitative estimate of drug-likeness (QED) is 0.622. The van der Waals surface area contributed by atoms with Crippen LogP contribution < -0.4 is 19.5 Å². The Balaban J connectivity index is 1.29. The fraction of sp³-hybridized carbons (Fsp3) is 0.381.